The molecule has 0 radical (unpaired) electrons. The predicted octanol–water partition coefficient (Wildman–Crippen LogP) is 5.28. The number of benzene rings is 3. The van der Waals surface area contributed by atoms with Gasteiger partial charge in [0.15, 0.2) is 5.79 Å². The van der Waals surface area contributed by atoms with Gasteiger partial charge in [-0.25, -0.2) is 0 Å². The zero-order valence-corrected chi connectivity index (χ0v) is 21.8. The molecule has 7 heteroatoms. The van der Waals surface area contributed by atoms with E-state index in [-0.39, 0.29) is 12.2 Å². The first-order valence-corrected chi connectivity index (χ1v) is 12.8. The fraction of sp³-hybridized carbons (Fsp3) is 0.281. The van der Waals surface area contributed by atoms with E-state index in [9.17, 15) is 5.26 Å². The molecule has 2 heterocycles. The van der Waals surface area contributed by atoms with E-state index in [0.29, 0.717) is 0 Å². The van der Waals surface area contributed by atoms with Crippen molar-refractivity contribution in [2.24, 2.45) is 4.99 Å². The van der Waals surface area contributed by atoms with E-state index >= 15 is 0 Å². The van der Waals surface area contributed by atoms with Crippen molar-refractivity contribution >= 4 is 6.21 Å². The summed E-state index contributed by atoms with van der Waals surface area (Å²) in [4.78, 5) is 3.91. The van der Waals surface area contributed by atoms with Gasteiger partial charge in [0, 0.05) is 6.20 Å². The minimum absolute atomic E-state index is 0.163. The molecule has 2 aliphatic rings. The second-order valence-electron chi connectivity index (χ2n) is 9.85. The average Bonchev–Trinajstić information content (AvgIpc) is 3.46. The third kappa shape index (κ3) is 5.27. The van der Waals surface area contributed by atoms with Crippen molar-refractivity contribution in [2.75, 3.05) is 6.61 Å². The van der Waals surface area contributed by atoms with Crippen LogP contribution in [0.3, 0.4) is 0 Å². The number of nitriles is 2. The van der Waals surface area contributed by atoms with E-state index in [4.69, 9.17) is 24.2 Å². The summed E-state index contributed by atoms with van der Waals surface area (Å²) in [7, 11) is 0. The summed E-state index contributed by atoms with van der Waals surface area (Å²) in [6, 6.07) is 34.3. The molecule has 0 spiro atoms. The maximum Gasteiger partial charge on any atom is 0.164 e. The highest BCUT2D eigenvalue weighted by Crippen LogP contribution is 2.44. The lowest BCUT2D eigenvalue weighted by Gasteiger charge is -2.37. The highest BCUT2D eigenvalue weighted by Gasteiger charge is 2.56. The molecule has 3 aromatic rings. The van der Waals surface area contributed by atoms with Crippen molar-refractivity contribution in [3.63, 3.8) is 0 Å². The summed E-state index contributed by atoms with van der Waals surface area (Å²) in [5.41, 5.74) is 2.24. The van der Waals surface area contributed by atoms with E-state index < -0.39 is 35.8 Å². The zero-order valence-electron chi connectivity index (χ0n) is 21.8. The maximum absolute atomic E-state index is 9.84. The van der Waals surface area contributed by atoms with Gasteiger partial charge in [-0.05, 0) is 30.5 Å². The Morgan fingerprint density at radius 2 is 1.38 bits per heavy atom. The van der Waals surface area contributed by atoms with Crippen LogP contribution >= 0.6 is 0 Å². The molecule has 5 rings (SSSR count). The highest BCUT2D eigenvalue weighted by molar-refractivity contribution is 5.75. The molecule has 196 valence electrons. The first-order valence-electron chi connectivity index (χ1n) is 12.8. The van der Waals surface area contributed by atoms with Crippen LogP contribution in [0.25, 0.3) is 0 Å². The van der Waals surface area contributed by atoms with Crippen molar-refractivity contribution in [1.29, 1.82) is 10.5 Å². The second-order valence-corrected chi connectivity index (χ2v) is 9.85. The quantitative estimate of drug-likeness (QED) is 0.228. The number of rotatable bonds is 8. The normalized spacial score (nSPS) is 24.3. The van der Waals surface area contributed by atoms with Gasteiger partial charge >= 0.3 is 0 Å². The Hall–Kier alpha value is -4.11. The monoisotopic (exact) mass is 519 g/mol. The van der Waals surface area contributed by atoms with Crippen LogP contribution in [0.2, 0.25) is 0 Å². The van der Waals surface area contributed by atoms with Crippen molar-refractivity contribution in [2.45, 2.75) is 49.7 Å². The largest absolute Gasteiger partial charge is 0.361 e. The van der Waals surface area contributed by atoms with Crippen LogP contribution in [0.1, 0.15) is 30.5 Å². The fourth-order valence-corrected chi connectivity index (χ4v) is 5.36. The minimum Gasteiger partial charge on any atom is -0.361 e. The summed E-state index contributed by atoms with van der Waals surface area (Å²) in [6.07, 6.45) is 0.150. The van der Waals surface area contributed by atoms with Gasteiger partial charge in [-0.3, -0.25) is 4.99 Å². The Bertz CT molecular complexity index is 1310. The van der Waals surface area contributed by atoms with Gasteiger partial charge in [0.05, 0.1) is 18.2 Å². The molecule has 0 bridgehead atoms. The number of ether oxygens (including phenoxy) is 4. The van der Waals surface area contributed by atoms with Gasteiger partial charge in [0.1, 0.15) is 42.3 Å². The van der Waals surface area contributed by atoms with Crippen LogP contribution in [0.15, 0.2) is 108 Å². The van der Waals surface area contributed by atoms with E-state index in [1.54, 1.807) is 0 Å². The average molecular weight is 520 g/mol. The molecule has 0 aliphatic carbocycles. The Morgan fingerprint density at radius 3 is 1.87 bits per heavy atom. The predicted molar refractivity (Wildman–Crippen MR) is 145 cm³/mol. The molecule has 2 saturated heterocycles. The highest BCUT2D eigenvalue weighted by atomic mass is 16.8. The maximum atomic E-state index is 9.84. The van der Waals surface area contributed by atoms with Crippen LogP contribution in [0, 0.1) is 22.7 Å². The van der Waals surface area contributed by atoms with Crippen LogP contribution in [0.5, 0.6) is 0 Å². The number of nitrogens with zero attached hydrogens (tertiary/aromatic N) is 3. The minimum atomic E-state index is -0.930. The molecular formula is C32H29N3O4. The van der Waals surface area contributed by atoms with E-state index in [2.05, 4.69) is 47.5 Å². The second kappa shape index (κ2) is 11.3. The Balaban J connectivity index is 1.54. The first kappa shape index (κ1) is 26.5. The lowest BCUT2D eigenvalue weighted by Crippen LogP contribution is -2.39. The molecule has 2 aliphatic heterocycles. The van der Waals surface area contributed by atoms with Crippen molar-refractivity contribution < 1.29 is 18.9 Å². The van der Waals surface area contributed by atoms with Gasteiger partial charge in [0.2, 0.25) is 0 Å². The molecule has 3 aromatic carbocycles. The summed E-state index contributed by atoms with van der Waals surface area (Å²) < 4.78 is 25.8. The molecule has 0 aromatic heterocycles. The van der Waals surface area contributed by atoms with E-state index in [1.165, 1.54) is 6.20 Å². The summed E-state index contributed by atoms with van der Waals surface area (Å²) in [5, 5.41) is 18.6. The third-order valence-electron chi connectivity index (χ3n) is 6.94. The van der Waals surface area contributed by atoms with Crippen LogP contribution in [-0.2, 0) is 24.5 Å². The number of fused-ring (bicyclic) bond motifs is 1. The van der Waals surface area contributed by atoms with E-state index in [1.807, 2.05) is 74.5 Å². The van der Waals surface area contributed by atoms with Gasteiger partial charge in [0.25, 0.3) is 0 Å². The summed E-state index contributed by atoms with van der Waals surface area (Å²) in [6.45, 7) is 3.84. The molecule has 0 saturated carbocycles. The first-order chi connectivity index (χ1) is 19.0. The smallest absolute Gasteiger partial charge is 0.164 e. The fourth-order valence-electron chi connectivity index (χ4n) is 5.36. The molecule has 7 nitrogen and oxygen atoms in total. The lowest BCUT2D eigenvalue weighted by atomic mass is 9.80. The van der Waals surface area contributed by atoms with Crippen LogP contribution in [0.4, 0.5) is 0 Å². The zero-order chi connectivity index (χ0) is 27.3. The van der Waals surface area contributed by atoms with Gasteiger partial charge in [-0.1, -0.05) is 91.0 Å². The van der Waals surface area contributed by atoms with Crippen LogP contribution in [-0.4, -0.2) is 43.0 Å². The van der Waals surface area contributed by atoms with Crippen LogP contribution < -0.4 is 0 Å². The molecule has 4 atom stereocenters. The number of aliphatic imine (C=N–C) groups is 1. The molecule has 0 amide bonds. The SMILES string of the molecule is CC1(C)O[C@@H]2[C@@H](COC(c3ccccc3)(c3ccccc3)c3ccccc3)OC(C(C#N)=CN=CC#N)[C@@H]2O1. The Kier molecular flexibility index (Phi) is 7.70. The van der Waals surface area contributed by atoms with Crippen molar-refractivity contribution in [1.82, 2.24) is 0 Å². The van der Waals surface area contributed by atoms with E-state index in [0.717, 1.165) is 22.9 Å². The molecule has 39 heavy (non-hydrogen) atoms. The van der Waals surface area contributed by atoms with Gasteiger partial charge in [-0.2, -0.15) is 10.5 Å². The summed E-state index contributed by atoms with van der Waals surface area (Å²) in [5.74, 6) is -0.860. The third-order valence-corrected chi connectivity index (χ3v) is 6.94. The molecule has 1 unspecified atom stereocenters. The molecular weight excluding hydrogens is 490 g/mol. The van der Waals surface area contributed by atoms with Gasteiger partial charge < -0.3 is 18.9 Å². The van der Waals surface area contributed by atoms with Crippen molar-refractivity contribution in [3.05, 3.63) is 119 Å². The summed E-state index contributed by atoms with van der Waals surface area (Å²) >= 11 is 0. The molecule has 2 fully saturated rings. The van der Waals surface area contributed by atoms with Crippen molar-refractivity contribution in [3.8, 4) is 12.1 Å². The Morgan fingerprint density at radius 1 is 0.872 bits per heavy atom. The molecule has 0 N–H and O–H groups in total. The Labute approximate surface area is 228 Å². The number of hydrogen-bond acceptors (Lipinski definition) is 7. The lowest BCUT2D eigenvalue weighted by molar-refractivity contribution is -0.191. The number of hydrogen-bond donors (Lipinski definition) is 0. The topological polar surface area (TPSA) is 96.9 Å². The standard InChI is InChI=1S/C32H29N3O4/c1-31(2)38-29-27(37-28(30(29)39-31)23(20-34)21-35-19-18-33)22-36-32(24-12-6-3-7-13-24,25-14-8-4-9-15-25)26-16-10-5-11-17-26/h3-17,19,21,27-30H,22H2,1-2H3/t27-,28?,29-,30+/m1/s1. The van der Waals surface area contributed by atoms with Gasteiger partial charge in [-0.15, -0.1) is 0 Å².